The number of likely N-dealkylation sites (N-methyl/N-ethyl adjacent to an activating group) is 1. The van der Waals surface area contributed by atoms with E-state index in [2.05, 4.69) is 0 Å². The van der Waals surface area contributed by atoms with E-state index in [9.17, 15) is 23.6 Å². The predicted molar refractivity (Wildman–Crippen MR) is 69.6 cm³/mol. The first-order valence-corrected chi connectivity index (χ1v) is 7.06. The van der Waals surface area contributed by atoms with Gasteiger partial charge in [-0.2, -0.15) is 4.31 Å². The Balaban J connectivity index is 3.33. The highest BCUT2D eigenvalue weighted by atomic mass is 35.5. The van der Waals surface area contributed by atoms with Crippen molar-refractivity contribution in [1.82, 2.24) is 4.31 Å². The van der Waals surface area contributed by atoms with Gasteiger partial charge in [0.05, 0.1) is 11.0 Å². The van der Waals surface area contributed by atoms with Gasteiger partial charge in [-0.05, 0) is 19.1 Å². The standard InChI is InChI=1S/C10H13ClN2O5S/c1-7(14)6-12(2)19(17,18)10-4-3-8(11)5-9(10)13(15)16/h3-5,7,14H,6H2,1-2H3. The van der Waals surface area contributed by atoms with E-state index in [4.69, 9.17) is 11.6 Å². The van der Waals surface area contributed by atoms with Crippen molar-refractivity contribution in [3.63, 3.8) is 0 Å². The lowest BCUT2D eigenvalue weighted by Crippen LogP contribution is -2.33. The van der Waals surface area contributed by atoms with E-state index in [0.717, 1.165) is 16.4 Å². The summed E-state index contributed by atoms with van der Waals surface area (Å²) in [6.07, 6.45) is -0.883. The molecule has 1 aromatic carbocycles. The average molecular weight is 309 g/mol. The first kappa shape index (κ1) is 15.8. The highest BCUT2D eigenvalue weighted by Crippen LogP contribution is 2.29. The number of aliphatic hydroxyl groups is 1. The Hall–Kier alpha value is -1.22. The third-order valence-electron chi connectivity index (χ3n) is 2.33. The number of halogens is 1. The summed E-state index contributed by atoms with van der Waals surface area (Å²) in [5.41, 5.74) is -0.593. The Morgan fingerprint density at radius 2 is 2.11 bits per heavy atom. The molecule has 0 aromatic heterocycles. The number of nitro benzene ring substituents is 1. The molecule has 19 heavy (non-hydrogen) atoms. The molecular weight excluding hydrogens is 296 g/mol. The van der Waals surface area contributed by atoms with Crippen LogP contribution < -0.4 is 0 Å². The van der Waals surface area contributed by atoms with Crippen LogP contribution in [0.5, 0.6) is 0 Å². The zero-order valence-electron chi connectivity index (χ0n) is 10.3. The second kappa shape index (κ2) is 5.83. The monoisotopic (exact) mass is 308 g/mol. The second-order valence-corrected chi connectivity index (χ2v) is 6.45. The van der Waals surface area contributed by atoms with Gasteiger partial charge in [-0.25, -0.2) is 8.42 Å². The van der Waals surface area contributed by atoms with Crippen LogP contribution in [0.2, 0.25) is 5.02 Å². The number of aliphatic hydroxyl groups excluding tert-OH is 1. The fourth-order valence-corrected chi connectivity index (χ4v) is 3.04. The van der Waals surface area contributed by atoms with Crippen LogP contribution in [0.15, 0.2) is 23.1 Å². The molecule has 106 valence electrons. The van der Waals surface area contributed by atoms with Crippen LogP contribution in [0.1, 0.15) is 6.92 Å². The molecule has 0 fully saturated rings. The van der Waals surface area contributed by atoms with Gasteiger partial charge < -0.3 is 5.11 Å². The lowest BCUT2D eigenvalue weighted by molar-refractivity contribution is -0.387. The molecule has 0 saturated heterocycles. The van der Waals surface area contributed by atoms with Crippen molar-refractivity contribution < 1.29 is 18.4 Å². The third-order valence-corrected chi connectivity index (χ3v) is 4.43. The molecule has 0 aliphatic rings. The fraction of sp³-hybridized carbons (Fsp3) is 0.400. The molecule has 1 aromatic rings. The first-order valence-electron chi connectivity index (χ1n) is 5.24. The topological polar surface area (TPSA) is 101 Å². The number of nitro groups is 1. The fourth-order valence-electron chi connectivity index (χ4n) is 1.49. The summed E-state index contributed by atoms with van der Waals surface area (Å²) in [5.74, 6) is 0. The lowest BCUT2D eigenvalue weighted by Gasteiger charge is -2.18. The summed E-state index contributed by atoms with van der Waals surface area (Å²) in [6, 6.07) is 3.32. The Kier molecular flexibility index (Phi) is 4.86. The normalized spacial score (nSPS) is 13.5. The van der Waals surface area contributed by atoms with E-state index in [1.165, 1.54) is 20.0 Å². The van der Waals surface area contributed by atoms with E-state index < -0.39 is 31.6 Å². The Morgan fingerprint density at radius 3 is 2.58 bits per heavy atom. The molecule has 9 heteroatoms. The van der Waals surface area contributed by atoms with E-state index in [1.54, 1.807) is 0 Å². The average Bonchev–Trinajstić information content (AvgIpc) is 2.27. The van der Waals surface area contributed by atoms with Crippen LogP contribution in [0, 0.1) is 10.1 Å². The van der Waals surface area contributed by atoms with Gasteiger partial charge >= 0.3 is 0 Å². The second-order valence-electron chi connectivity index (χ2n) is 4.00. The maximum Gasteiger partial charge on any atom is 0.290 e. The first-order chi connectivity index (χ1) is 8.66. The minimum atomic E-state index is -4.05. The van der Waals surface area contributed by atoms with Crippen molar-refractivity contribution in [2.75, 3.05) is 13.6 Å². The Morgan fingerprint density at radius 1 is 1.53 bits per heavy atom. The summed E-state index contributed by atoms with van der Waals surface area (Å²) in [4.78, 5) is 9.62. The molecule has 0 bridgehead atoms. The van der Waals surface area contributed by atoms with Crippen molar-refractivity contribution >= 4 is 27.3 Å². The van der Waals surface area contributed by atoms with E-state index in [0.29, 0.717) is 0 Å². The number of hydrogen-bond donors (Lipinski definition) is 1. The van der Waals surface area contributed by atoms with Gasteiger partial charge in [0, 0.05) is 24.7 Å². The number of sulfonamides is 1. The minimum absolute atomic E-state index is 0.0730. The highest BCUT2D eigenvalue weighted by Gasteiger charge is 2.30. The molecule has 1 N–H and O–H groups in total. The van der Waals surface area contributed by atoms with Crippen LogP contribution in [0.4, 0.5) is 5.69 Å². The molecule has 1 unspecified atom stereocenters. The number of hydrogen-bond acceptors (Lipinski definition) is 5. The molecular formula is C10H13ClN2O5S. The van der Waals surface area contributed by atoms with Gasteiger partial charge in [0.15, 0.2) is 4.90 Å². The molecule has 0 saturated carbocycles. The molecule has 0 aliphatic carbocycles. The molecule has 0 heterocycles. The van der Waals surface area contributed by atoms with Crippen LogP contribution in [-0.4, -0.2) is 42.4 Å². The van der Waals surface area contributed by atoms with Crippen molar-refractivity contribution in [1.29, 1.82) is 0 Å². The molecule has 0 spiro atoms. The summed E-state index contributed by atoms with van der Waals surface area (Å²) in [5, 5.41) is 20.1. The Bertz CT molecular complexity index is 588. The summed E-state index contributed by atoms with van der Waals surface area (Å²) in [6.45, 7) is 1.25. The maximum absolute atomic E-state index is 12.2. The third kappa shape index (κ3) is 3.63. The smallest absolute Gasteiger partial charge is 0.290 e. The lowest BCUT2D eigenvalue weighted by atomic mass is 10.3. The SMILES string of the molecule is CC(O)CN(C)S(=O)(=O)c1ccc(Cl)cc1[N+](=O)[O-]. The van der Waals surface area contributed by atoms with Gasteiger partial charge in [0.25, 0.3) is 5.69 Å². The van der Waals surface area contributed by atoms with Crippen molar-refractivity contribution in [3.8, 4) is 0 Å². The maximum atomic E-state index is 12.2. The molecule has 0 amide bonds. The van der Waals surface area contributed by atoms with Crippen LogP contribution in [-0.2, 0) is 10.0 Å². The largest absolute Gasteiger partial charge is 0.392 e. The van der Waals surface area contributed by atoms with E-state index >= 15 is 0 Å². The minimum Gasteiger partial charge on any atom is -0.392 e. The number of rotatable bonds is 5. The van der Waals surface area contributed by atoms with Crippen LogP contribution in [0.25, 0.3) is 0 Å². The van der Waals surface area contributed by atoms with Gasteiger partial charge in [-0.1, -0.05) is 11.6 Å². The van der Waals surface area contributed by atoms with Crippen LogP contribution in [0.3, 0.4) is 0 Å². The Labute approximate surface area is 115 Å². The zero-order valence-corrected chi connectivity index (χ0v) is 11.8. The van der Waals surface area contributed by atoms with Gasteiger partial charge in [-0.15, -0.1) is 0 Å². The highest BCUT2D eigenvalue weighted by molar-refractivity contribution is 7.89. The predicted octanol–water partition coefficient (Wildman–Crippen LogP) is 1.25. The van der Waals surface area contributed by atoms with Gasteiger partial charge in [0.2, 0.25) is 10.0 Å². The summed E-state index contributed by atoms with van der Waals surface area (Å²) >= 11 is 5.62. The number of benzene rings is 1. The van der Waals surface area contributed by atoms with Gasteiger partial charge in [0.1, 0.15) is 0 Å². The zero-order chi connectivity index (χ0) is 14.8. The van der Waals surface area contributed by atoms with Crippen LogP contribution >= 0.6 is 11.6 Å². The summed E-state index contributed by atoms with van der Waals surface area (Å²) < 4.78 is 25.2. The van der Waals surface area contributed by atoms with Crippen molar-refractivity contribution in [2.45, 2.75) is 17.9 Å². The van der Waals surface area contributed by atoms with Crippen molar-refractivity contribution in [3.05, 3.63) is 33.3 Å². The quantitative estimate of drug-likeness (QED) is 0.651. The van der Waals surface area contributed by atoms with E-state index in [1.807, 2.05) is 0 Å². The molecule has 7 nitrogen and oxygen atoms in total. The molecule has 0 aliphatic heterocycles. The van der Waals surface area contributed by atoms with Crippen molar-refractivity contribution in [2.24, 2.45) is 0 Å². The number of nitrogens with zero attached hydrogens (tertiary/aromatic N) is 2. The molecule has 1 rings (SSSR count). The summed E-state index contributed by atoms with van der Waals surface area (Å²) in [7, 11) is -2.82. The molecule has 0 radical (unpaired) electrons. The van der Waals surface area contributed by atoms with Gasteiger partial charge in [-0.3, -0.25) is 10.1 Å². The molecule has 1 atom stereocenters. The van der Waals surface area contributed by atoms with E-state index in [-0.39, 0.29) is 11.6 Å².